The Labute approximate surface area is 137 Å². The van der Waals surface area contributed by atoms with Gasteiger partial charge in [-0.3, -0.25) is 4.79 Å². The average molecular weight is 328 g/mol. The number of fused-ring (bicyclic) bond motifs is 1. The van der Waals surface area contributed by atoms with Crippen molar-refractivity contribution in [1.29, 1.82) is 0 Å². The number of carbonyl (C=O) groups excluding carboxylic acids is 1. The Hall–Kier alpha value is -2.47. The molecule has 0 fully saturated rings. The molecule has 2 aromatic rings. The van der Waals surface area contributed by atoms with Crippen molar-refractivity contribution in [3.63, 3.8) is 0 Å². The lowest BCUT2D eigenvalue weighted by atomic mass is 9.99. The Bertz CT molecular complexity index is 739. The molecule has 0 spiro atoms. The van der Waals surface area contributed by atoms with Crippen LogP contribution in [0.3, 0.4) is 0 Å². The number of nitrogens with one attached hydrogen (secondary N) is 1. The SMILES string of the molecule is O=C(O)c1ccc(/C=N/NC(=O)c2cc3c(s2)CCCC3)cc1. The van der Waals surface area contributed by atoms with E-state index in [0.717, 1.165) is 18.4 Å². The minimum Gasteiger partial charge on any atom is -0.478 e. The van der Waals surface area contributed by atoms with Gasteiger partial charge in [0.15, 0.2) is 0 Å². The lowest BCUT2D eigenvalue weighted by Gasteiger charge is -2.08. The number of carboxylic acids is 1. The summed E-state index contributed by atoms with van der Waals surface area (Å²) in [5, 5.41) is 12.8. The van der Waals surface area contributed by atoms with Crippen LogP contribution in [0.1, 0.15) is 48.9 Å². The van der Waals surface area contributed by atoms with Gasteiger partial charge < -0.3 is 5.11 Å². The van der Waals surface area contributed by atoms with E-state index >= 15 is 0 Å². The third kappa shape index (κ3) is 3.65. The smallest absolute Gasteiger partial charge is 0.335 e. The third-order valence-electron chi connectivity index (χ3n) is 3.76. The van der Waals surface area contributed by atoms with Gasteiger partial charge in [-0.05, 0) is 55.0 Å². The van der Waals surface area contributed by atoms with Crippen molar-refractivity contribution >= 4 is 29.4 Å². The fourth-order valence-electron chi connectivity index (χ4n) is 2.53. The van der Waals surface area contributed by atoms with Crippen LogP contribution in [0, 0.1) is 0 Å². The van der Waals surface area contributed by atoms with Crippen LogP contribution in [0.2, 0.25) is 0 Å². The Kier molecular flexibility index (Phi) is 4.52. The standard InChI is InChI=1S/C17H16N2O3S/c20-16(15-9-13-3-1-2-4-14(13)23-15)19-18-10-11-5-7-12(8-6-11)17(21)22/h5-10H,1-4H2,(H,19,20)(H,21,22)/b18-10+. The lowest BCUT2D eigenvalue weighted by Crippen LogP contribution is -2.16. The fourth-order valence-corrected chi connectivity index (χ4v) is 3.68. The van der Waals surface area contributed by atoms with Crippen molar-refractivity contribution in [2.75, 3.05) is 0 Å². The molecular weight excluding hydrogens is 312 g/mol. The predicted octanol–water partition coefficient (Wildman–Crippen LogP) is 3.09. The number of hydrogen-bond acceptors (Lipinski definition) is 4. The summed E-state index contributed by atoms with van der Waals surface area (Å²) in [5.41, 5.74) is 4.75. The minimum atomic E-state index is -0.969. The molecule has 0 atom stereocenters. The topological polar surface area (TPSA) is 78.8 Å². The molecule has 23 heavy (non-hydrogen) atoms. The van der Waals surface area contributed by atoms with Gasteiger partial charge >= 0.3 is 5.97 Å². The maximum Gasteiger partial charge on any atom is 0.335 e. The first kappa shape index (κ1) is 15.4. The molecule has 0 radical (unpaired) electrons. The van der Waals surface area contributed by atoms with Crippen molar-refractivity contribution in [3.05, 3.63) is 56.8 Å². The maximum absolute atomic E-state index is 12.1. The molecule has 0 saturated heterocycles. The molecule has 0 bridgehead atoms. The molecule has 1 heterocycles. The minimum absolute atomic E-state index is 0.206. The molecule has 0 saturated carbocycles. The first-order valence-electron chi connectivity index (χ1n) is 7.42. The number of aromatic carboxylic acids is 1. The second kappa shape index (κ2) is 6.75. The molecule has 1 aliphatic rings. The number of carboxylic acid groups (broad SMARTS) is 1. The summed E-state index contributed by atoms with van der Waals surface area (Å²) >= 11 is 1.54. The van der Waals surface area contributed by atoms with Crippen LogP contribution in [0.4, 0.5) is 0 Å². The molecular formula is C17H16N2O3S. The van der Waals surface area contributed by atoms with Gasteiger partial charge in [0.25, 0.3) is 5.91 Å². The van der Waals surface area contributed by atoms with Gasteiger partial charge in [-0.25, -0.2) is 10.2 Å². The first-order valence-corrected chi connectivity index (χ1v) is 8.23. The number of rotatable bonds is 4. The summed E-state index contributed by atoms with van der Waals surface area (Å²) in [4.78, 5) is 24.9. The van der Waals surface area contributed by atoms with Crippen LogP contribution in [0.15, 0.2) is 35.4 Å². The summed E-state index contributed by atoms with van der Waals surface area (Å²) < 4.78 is 0. The quantitative estimate of drug-likeness (QED) is 0.668. The molecule has 6 heteroatoms. The molecule has 0 aliphatic heterocycles. The zero-order chi connectivity index (χ0) is 16.2. The van der Waals surface area contributed by atoms with E-state index in [-0.39, 0.29) is 11.5 Å². The molecule has 1 aromatic carbocycles. The van der Waals surface area contributed by atoms with Gasteiger partial charge in [0, 0.05) is 4.88 Å². The van der Waals surface area contributed by atoms with Gasteiger partial charge in [0.05, 0.1) is 16.7 Å². The van der Waals surface area contributed by atoms with E-state index in [2.05, 4.69) is 10.5 Å². The van der Waals surface area contributed by atoms with Gasteiger partial charge in [0.1, 0.15) is 0 Å². The molecule has 1 aliphatic carbocycles. The molecule has 0 unspecified atom stereocenters. The highest BCUT2D eigenvalue weighted by Gasteiger charge is 2.16. The molecule has 5 nitrogen and oxygen atoms in total. The van der Waals surface area contributed by atoms with Gasteiger partial charge in [-0.2, -0.15) is 5.10 Å². The highest BCUT2D eigenvalue weighted by Crippen LogP contribution is 2.29. The van der Waals surface area contributed by atoms with E-state index < -0.39 is 5.97 Å². The van der Waals surface area contributed by atoms with Crippen molar-refractivity contribution in [2.24, 2.45) is 5.10 Å². The number of nitrogens with zero attached hydrogens (tertiary/aromatic N) is 1. The summed E-state index contributed by atoms with van der Waals surface area (Å²) in [6.45, 7) is 0. The Morgan fingerprint density at radius 1 is 1.17 bits per heavy atom. The average Bonchev–Trinajstić information content (AvgIpc) is 2.99. The summed E-state index contributed by atoms with van der Waals surface area (Å²) in [7, 11) is 0. The van der Waals surface area contributed by atoms with Crippen LogP contribution in [0.25, 0.3) is 0 Å². The van der Waals surface area contributed by atoms with Crippen LogP contribution in [-0.2, 0) is 12.8 Å². The summed E-state index contributed by atoms with van der Waals surface area (Å²) in [6.07, 6.45) is 6.00. The van der Waals surface area contributed by atoms with E-state index in [4.69, 9.17) is 5.11 Å². The van der Waals surface area contributed by atoms with Gasteiger partial charge in [-0.15, -0.1) is 11.3 Å². The van der Waals surface area contributed by atoms with Gasteiger partial charge in [0.2, 0.25) is 0 Å². The molecule has 2 N–H and O–H groups in total. The van der Waals surface area contributed by atoms with Crippen molar-refractivity contribution in [2.45, 2.75) is 25.7 Å². The Balaban J connectivity index is 1.62. The number of amides is 1. The maximum atomic E-state index is 12.1. The second-order valence-corrected chi connectivity index (χ2v) is 6.53. The van der Waals surface area contributed by atoms with Crippen LogP contribution in [-0.4, -0.2) is 23.2 Å². The van der Waals surface area contributed by atoms with Crippen LogP contribution < -0.4 is 5.43 Å². The number of hydrazone groups is 1. The van der Waals surface area contributed by atoms with Gasteiger partial charge in [-0.1, -0.05) is 12.1 Å². The van der Waals surface area contributed by atoms with E-state index in [1.807, 2.05) is 6.07 Å². The first-order chi connectivity index (χ1) is 11.1. The summed E-state index contributed by atoms with van der Waals surface area (Å²) in [5.74, 6) is -1.17. The van der Waals surface area contributed by atoms with Crippen molar-refractivity contribution in [1.82, 2.24) is 5.43 Å². The highest BCUT2D eigenvalue weighted by atomic mass is 32.1. The zero-order valence-electron chi connectivity index (χ0n) is 12.4. The largest absolute Gasteiger partial charge is 0.478 e. The Morgan fingerprint density at radius 2 is 1.91 bits per heavy atom. The van der Waals surface area contributed by atoms with E-state index in [1.165, 1.54) is 41.6 Å². The summed E-state index contributed by atoms with van der Waals surface area (Å²) in [6, 6.07) is 8.25. The normalized spacial score (nSPS) is 13.7. The Morgan fingerprint density at radius 3 is 2.61 bits per heavy atom. The number of carbonyl (C=O) groups is 2. The number of hydrogen-bond donors (Lipinski definition) is 2. The highest BCUT2D eigenvalue weighted by molar-refractivity contribution is 7.14. The van der Waals surface area contributed by atoms with E-state index in [0.29, 0.717) is 4.88 Å². The molecule has 1 aromatic heterocycles. The fraction of sp³-hybridized carbons (Fsp3) is 0.235. The molecule has 118 valence electrons. The van der Waals surface area contributed by atoms with Crippen molar-refractivity contribution < 1.29 is 14.7 Å². The number of thiophene rings is 1. The van der Waals surface area contributed by atoms with Crippen LogP contribution >= 0.6 is 11.3 Å². The van der Waals surface area contributed by atoms with E-state index in [9.17, 15) is 9.59 Å². The number of benzene rings is 1. The zero-order valence-corrected chi connectivity index (χ0v) is 13.2. The molecule has 1 amide bonds. The predicted molar refractivity (Wildman–Crippen MR) is 89.4 cm³/mol. The molecule has 3 rings (SSSR count). The monoisotopic (exact) mass is 328 g/mol. The van der Waals surface area contributed by atoms with Crippen LogP contribution in [0.5, 0.6) is 0 Å². The second-order valence-electron chi connectivity index (χ2n) is 5.39. The third-order valence-corrected chi connectivity index (χ3v) is 4.99. The van der Waals surface area contributed by atoms with Crippen molar-refractivity contribution in [3.8, 4) is 0 Å². The number of aryl methyl sites for hydroxylation is 2. The lowest BCUT2D eigenvalue weighted by molar-refractivity contribution is 0.0696. The van der Waals surface area contributed by atoms with E-state index in [1.54, 1.807) is 23.5 Å².